The molecule has 3 heterocycles. The van der Waals surface area contributed by atoms with E-state index in [0.29, 0.717) is 56.9 Å². The Kier molecular flexibility index (Phi) is 17.5. The van der Waals surface area contributed by atoms with Gasteiger partial charge in [-0.05, 0) is 95.5 Å². The van der Waals surface area contributed by atoms with E-state index in [4.69, 9.17) is 23.7 Å². The van der Waals surface area contributed by atoms with Crippen LogP contribution in [0.3, 0.4) is 0 Å². The maximum absolute atomic E-state index is 14.3. The molecule has 57 heavy (non-hydrogen) atoms. The lowest BCUT2D eigenvalue weighted by Gasteiger charge is -2.49. The molecule has 1 saturated carbocycles. The largest absolute Gasteiger partial charge is 0.456 e. The minimum atomic E-state index is -2.32. The average Bonchev–Trinajstić information content (AvgIpc) is 3.18. The van der Waals surface area contributed by atoms with Gasteiger partial charge in [0.25, 0.3) is 5.91 Å². The standard InChI is InChI=1S/C44H71NO12/c1-10-13-31-19-25(2)18-26(3)20-37(54-8)40-38(55-9)22-28(5)44(52,57-40)41(49)42(50)45-17-12-11-14-32(45)43(51)56-39(29(6)34(47)24-35(31)48)27(4)21-30-15-16-33(46)36(23-30)53-7/h10,19,21,26,28-34,36-41,46-47,49,52H,1,11-18,20,22-24H2,2-9H3. The number of aliphatic hydroxyl groups is 4. The van der Waals surface area contributed by atoms with Crippen LogP contribution in [-0.4, -0.2) is 132 Å². The zero-order valence-electron chi connectivity index (χ0n) is 35.5. The molecule has 0 radical (unpaired) electrons. The number of hydrogen-bond acceptors (Lipinski definition) is 12. The molecule has 0 aromatic rings. The maximum atomic E-state index is 14.3. The molecule has 3 fully saturated rings. The summed E-state index contributed by atoms with van der Waals surface area (Å²) >= 11 is 0. The van der Waals surface area contributed by atoms with Crippen molar-refractivity contribution in [1.82, 2.24) is 4.90 Å². The Morgan fingerprint density at radius 3 is 2.25 bits per heavy atom. The van der Waals surface area contributed by atoms with Gasteiger partial charge < -0.3 is 49.0 Å². The second kappa shape index (κ2) is 21.2. The molecule has 0 aromatic carbocycles. The van der Waals surface area contributed by atoms with E-state index in [1.54, 1.807) is 41.3 Å². The Labute approximate surface area is 339 Å². The number of methoxy groups -OCH3 is 3. The second-order valence-electron chi connectivity index (χ2n) is 17.4. The van der Waals surface area contributed by atoms with Crippen molar-refractivity contribution >= 4 is 17.7 Å². The first-order valence-corrected chi connectivity index (χ1v) is 21.0. The monoisotopic (exact) mass is 805 g/mol. The first kappa shape index (κ1) is 47.2. The highest BCUT2D eigenvalue weighted by molar-refractivity contribution is 5.88. The highest BCUT2D eigenvalue weighted by Crippen LogP contribution is 2.40. The highest BCUT2D eigenvalue weighted by atomic mass is 16.7. The summed E-state index contributed by atoms with van der Waals surface area (Å²) in [6.07, 6.45) is 3.39. The fourth-order valence-electron chi connectivity index (χ4n) is 9.57. The van der Waals surface area contributed by atoms with Crippen LogP contribution in [0.25, 0.3) is 0 Å². The molecule has 4 N–H and O–H groups in total. The third-order valence-electron chi connectivity index (χ3n) is 13.0. The van der Waals surface area contributed by atoms with E-state index < -0.39 is 84.2 Å². The smallest absolute Gasteiger partial charge is 0.329 e. The summed E-state index contributed by atoms with van der Waals surface area (Å²) in [4.78, 5) is 43.8. The average molecular weight is 806 g/mol. The number of carbonyl (C=O) groups excluding carboxylic acids is 3. The molecule has 4 aliphatic rings. The van der Waals surface area contributed by atoms with E-state index >= 15 is 0 Å². The van der Waals surface area contributed by atoms with E-state index in [0.717, 1.165) is 5.57 Å². The van der Waals surface area contributed by atoms with Crippen molar-refractivity contribution in [3.05, 3.63) is 36.0 Å². The van der Waals surface area contributed by atoms with Crippen LogP contribution in [0.2, 0.25) is 0 Å². The molecule has 324 valence electrons. The number of amides is 1. The Hall–Kier alpha value is -2.49. The first-order chi connectivity index (χ1) is 27.0. The lowest BCUT2D eigenvalue weighted by atomic mass is 9.81. The van der Waals surface area contributed by atoms with Crippen LogP contribution in [0.15, 0.2) is 36.0 Å². The number of carbonyl (C=O) groups is 3. The van der Waals surface area contributed by atoms with Gasteiger partial charge in [-0.1, -0.05) is 44.6 Å². The van der Waals surface area contributed by atoms with Crippen molar-refractivity contribution in [2.75, 3.05) is 27.9 Å². The molecule has 1 amide bonds. The van der Waals surface area contributed by atoms with Gasteiger partial charge in [-0.3, -0.25) is 9.59 Å². The summed E-state index contributed by atoms with van der Waals surface area (Å²) in [5, 5.41) is 46.0. The minimum Gasteiger partial charge on any atom is -0.456 e. The molecule has 2 saturated heterocycles. The van der Waals surface area contributed by atoms with Gasteiger partial charge in [0, 0.05) is 52.0 Å². The minimum absolute atomic E-state index is 0.000937. The quantitative estimate of drug-likeness (QED) is 0.210. The Bertz CT molecular complexity index is 1430. The van der Waals surface area contributed by atoms with E-state index in [1.165, 1.54) is 4.90 Å². The molecule has 4 rings (SSSR count). The van der Waals surface area contributed by atoms with Crippen LogP contribution in [0.5, 0.6) is 0 Å². The van der Waals surface area contributed by atoms with Gasteiger partial charge in [-0.25, -0.2) is 4.79 Å². The SMILES string of the molecule is C=CCC1C=C(C)CC(C)CC(OC)C2OC(O)(C(C)CC2OC)C(O)C(=O)N2CCCCC2C(=O)OC(C(C)=CC2CCC(O)C(OC)C2)C(C)C(O)CC1=O. The van der Waals surface area contributed by atoms with Crippen LogP contribution in [0.1, 0.15) is 105 Å². The lowest BCUT2D eigenvalue weighted by Crippen LogP contribution is -2.66. The number of esters is 1. The van der Waals surface area contributed by atoms with E-state index in [2.05, 4.69) is 13.5 Å². The van der Waals surface area contributed by atoms with Crippen LogP contribution in [-0.2, 0) is 38.1 Å². The zero-order valence-corrected chi connectivity index (χ0v) is 35.5. The first-order valence-electron chi connectivity index (χ1n) is 21.0. The molecule has 0 aromatic heterocycles. The number of nitrogens with zero attached hydrogens (tertiary/aromatic N) is 1. The van der Waals surface area contributed by atoms with Gasteiger partial charge in [-0.2, -0.15) is 0 Å². The molecule has 15 atom stereocenters. The Morgan fingerprint density at radius 1 is 0.930 bits per heavy atom. The van der Waals surface area contributed by atoms with Gasteiger partial charge in [0.15, 0.2) is 6.10 Å². The van der Waals surface area contributed by atoms with Crippen LogP contribution < -0.4 is 0 Å². The number of fused-ring (bicyclic) bond motifs is 3. The van der Waals surface area contributed by atoms with Gasteiger partial charge in [0.1, 0.15) is 24.0 Å². The van der Waals surface area contributed by atoms with Crippen molar-refractivity contribution in [2.24, 2.45) is 29.6 Å². The summed E-state index contributed by atoms with van der Waals surface area (Å²) in [7, 11) is 4.66. The zero-order chi connectivity index (χ0) is 42.2. The topological polar surface area (TPSA) is 182 Å². The van der Waals surface area contributed by atoms with Crippen molar-refractivity contribution in [1.29, 1.82) is 0 Å². The van der Waals surface area contributed by atoms with E-state index in [-0.39, 0.29) is 49.5 Å². The summed E-state index contributed by atoms with van der Waals surface area (Å²) in [6, 6.07) is -1.08. The van der Waals surface area contributed by atoms with Gasteiger partial charge in [0.2, 0.25) is 5.79 Å². The molecular weight excluding hydrogens is 734 g/mol. The number of rotatable bonds is 7. The molecule has 1 aliphatic carbocycles. The molecule has 13 nitrogen and oxygen atoms in total. The third kappa shape index (κ3) is 11.4. The number of allylic oxidation sites excluding steroid dienone is 4. The van der Waals surface area contributed by atoms with E-state index in [9.17, 15) is 34.8 Å². The second-order valence-corrected chi connectivity index (χ2v) is 17.4. The number of piperidine rings is 1. The summed E-state index contributed by atoms with van der Waals surface area (Å²) in [6.45, 7) is 13.3. The van der Waals surface area contributed by atoms with Gasteiger partial charge in [0.05, 0.1) is 30.5 Å². The summed E-state index contributed by atoms with van der Waals surface area (Å²) in [5.74, 6) is -5.99. The number of cyclic esters (lactones) is 1. The molecule has 0 spiro atoms. The van der Waals surface area contributed by atoms with Crippen LogP contribution in [0.4, 0.5) is 0 Å². The van der Waals surface area contributed by atoms with Crippen LogP contribution >= 0.6 is 0 Å². The van der Waals surface area contributed by atoms with E-state index in [1.807, 2.05) is 26.0 Å². The molecule has 13 heteroatoms. The van der Waals surface area contributed by atoms with Crippen molar-refractivity contribution in [2.45, 2.75) is 166 Å². The Morgan fingerprint density at radius 2 is 1.60 bits per heavy atom. The third-order valence-corrected chi connectivity index (χ3v) is 13.0. The summed E-state index contributed by atoms with van der Waals surface area (Å²) < 4.78 is 29.9. The normalized spacial score (nSPS) is 41.3. The maximum Gasteiger partial charge on any atom is 0.329 e. The Balaban J connectivity index is 1.77. The number of Topliss-reactive ketones (excluding diaryl/α,β-unsaturated/α-hetero) is 1. The van der Waals surface area contributed by atoms with Crippen molar-refractivity contribution in [3.63, 3.8) is 0 Å². The van der Waals surface area contributed by atoms with Crippen LogP contribution in [0, 0.1) is 29.6 Å². The fourth-order valence-corrected chi connectivity index (χ4v) is 9.57. The number of aliphatic hydroxyl groups excluding tert-OH is 3. The number of hydrogen-bond donors (Lipinski definition) is 4. The molecule has 15 unspecified atom stereocenters. The highest BCUT2D eigenvalue weighted by Gasteiger charge is 2.56. The molecule has 3 aliphatic heterocycles. The van der Waals surface area contributed by atoms with Gasteiger partial charge in [-0.15, -0.1) is 6.58 Å². The van der Waals surface area contributed by atoms with Gasteiger partial charge >= 0.3 is 5.97 Å². The fraction of sp³-hybridized carbons (Fsp3) is 0.795. The lowest BCUT2D eigenvalue weighted by molar-refractivity contribution is -0.346. The van der Waals surface area contributed by atoms with Crippen molar-refractivity contribution in [3.8, 4) is 0 Å². The van der Waals surface area contributed by atoms with Crippen molar-refractivity contribution < 1.29 is 58.5 Å². The number of ketones is 1. The summed E-state index contributed by atoms with van der Waals surface area (Å²) in [5.41, 5.74) is 1.64. The predicted octanol–water partition coefficient (Wildman–Crippen LogP) is 4.43. The molecular formula is C44H71NO12. The molecule has 2 bridgehead atoms. The predicted molar refractivity (Wildman–Crippen MR) is 214 cm³/mol. The number of ether oxygens (including phenoxy) is 5.